The summed E-state index contributed by atoms with van der Waals surface area (Å²) in [6.07, 6.45) is 2.39. The van der Waals surface area contributed by atoms with E-state index in [1.165, 1.54) is 0 Å². The minimum Gasteiger partial charge on any atom is -0.368 e. The third kappa shape index (κ3) is 3.71. The van der Waals surface area contributed by atoms with E-state index in [4.69, 9.17) is 0 Å². The highest BCUT2D eigenvalue weighted by atomic mass is 32.2. The molecule has 0 atom stereocenters. The maximum atomic E-state index is 11.3. The number of aromatic nitrogens is 2. The fraction of sp³-hybridized carbons (Fsp3) is 0.385. The number of hydrogen-bond donors (Lipinski definition) is 2. The molecule has 0 amide bonds. The molecule has 2 aromatic rings. The molecule has 0 radical (unpaired) electrons. The predicted molar refractivity (Wildman–Crippen MR) is 80.5 cm³/mol. The molecule has 2 N–H and O–H groups in total. The van der Waals surface area contributed by atoms with Crippen LogP contribution in [0.1, 0.15) is 19.0 Å². The number of nitriles is 1. The van der Waals surface area contributed by atoms with Gasteiger partial charge < -0.3 is 5.32 Å². The van der Waals surface area contributed by atoms with Gasteiger partial charge in [-0.25, -0.2) is 18.1 Å². The van der Waals surface area contributed by atoms with Gasteiger partial charge in [0.2, 0.25) is 10.0 Å². The van der Waals surface area contributed by atoms with Crippen LogP contribution in [0.15, 0.2) is 24.4 Å². The van der Waals surface area contributed by atoms with Crippen molar-refractivity contribution in [3.8, 4) is 6.07 Å². The van der Waals surface area contributed by atoms with Gasteiger partial charge in [-0.1, -0.05) is 6.07 Å². The largest absolute Gasteiger partial charge is 0.368 e. The first-order chi connectivity index (χ1) is 10.1. The first-order valence-electron chi connectivity index (χ1n) is 6.66. The van der Waals surface area contributed by atoms with Crippen molar-refractivity contribution >= 4 is 21.5 Å². The molecule has 0 aromatic carbocycles. The monoisotopic (exact) mass is 307 g/mol. The maximum Gasteiger partial charge on any atom is 0.211 e. The van der Waals surface area contributed by atoms with Gasteiger partial charge in [-0.2, -0.15) is 5.26 Å². The summed E-state index contributed by atoms with van der Waals surface area (Å²) in [5, 5.41) is 12.3. The molecule has 0 aliphatic carbocycles. The summed E-state index contributed by atoms with van der Waals surface area (Å²) in [6, 6.07) is 7.63. The van der Waals surface area contributed by atoms with E-state index in [1.54, 1.807) is 17.5 Å². The Hall–Kier alpha value is -2.11. The number of anilines is 1. The van der Waals surface area contributed by atoms with Crippen molar-refractivity contribution in [1.29, 1.82) is 5.26 Å². The number of pyridine rings is 1. The molecule has 0 unspecified atom stereocenters. The average molecular weight is 307 g/mol. The average Bonchev–Trinajstić information content (AvgIpc) is 2.84. The lowest BCUT2D eigenvalue weighted by molar-refractivity contribution is 0.581. The summed E-state index contributed by atoms with van der Waals surface area (Å²) in [4.78, 5) is 4.34. The fourth-order valence-corrected chi connectivity index (χ4v) is 2.51. The van der Waals surface area contributed by atoms with Crippen LogP contribution in [0.25, 0.3) is 5.65 Å². The minimum absolute atomic E-state index is 0.0748. The Bertz CT molecular complexity index is 760. The number of imidazole rings is 1. The van der Waals surface area contributed by atoms with Gasteiger partial charge in [0, 0.05) is 19.3 Å². The fourth-order valence-electron chi connectivity index (χ4n) is 1.85. The zero-order chi connectivity index (χ0) is 15.3. The van der Waals surface area contributed by atoms with E-state index in [2.05, 4.69) is 21.1 Å². The Morgan fingerprint density at radius 2 is 2.19 bits per heavy atom. The molecule has 2 aromatic heterocycles. The molecule has 0 aliphatic heterocycles. The van der Waals surface area contributed by atoms with Gasteiger partial charge in [0.25, 0.3) is 0 Å². The first-order valence-corrected chi connectivity index (χ1v) is 8.31. The summed E-state index contributed by atoms with van der Waals surface area (Å²) >= 11 is 0. The number of fused-ring (bicyclic) bond motifs is 1. The SMILES string of the molecule is CCS(=O)(=O)NCCCNc1nc2ccccn2c1C#N. The maximum absolute atomic E-state index is 11.3. The van der Waals surface area contributed by atoms with Crippen molar-refractivity contribution in [1.82, 2.24) is 14.1 Å². The van der Waals surface area contributed by atoms with Gasteiger partial charge in [-0.05, 0) is 25.5 Å². The van der Waals surface area contributed by atoms with E-state index in [9.17, 15) is 13.7 Å². The summed E-state index contributed by atoms with van der Waals surface area (Å²) in [5.41, 5.74) is 1.14. The molecular formula is C13H17N5O2S. The number of sulfonamides is 1. The summed E-state index contributed by atoms with van der Waals surface area (Å²) in [5.74, 6) is 0.591. The van der Waals surface area contributed by atoms with E-state index in [0.717, 1.165) is 0 Å². The van der Waals surface area contributed by atoms with Crippen LogP contribution >= 0.6 is 0 Å². The Kier molecular flexibility index (Phi) is 4.77. The van der Waals surface area contributed by atoms with Crippen LogP contribution < -0.4 is 10.0 Å². The zero-order valence-electron chi connectivity index (χ0n) is 11.7. The standard InChI is InChI=1S/C13H17N5O2S/c1-2-21(19,20)16-8-5-7-15-13-11(10-14)18-9-4-3-6-12(18)17-13/h3-4,6,9,15-16H,2,5,7-8H2,1H3. The molecule has 0 fully saturated rings. The number of nitrogens with one attached hydrogen (secondary N) is 2. The number of hydrogen-bond acceptors (Lipinski definition) is 5. The van der Waals surface area contributed by atoms with Crippen LogP contribution in [0.4, 0.5) is 5.82 Å². The van der Waals surface area contributed by atoms with Crippen LogP contribution in [0, 0.1) is 11.3 Å². The molecule has 0 saturated carbocycles. The van der Waals surface area contributed by atoms with Gasteiger partial charge in [0.05, 0.1) is 5.75 Å². The van der Waals surface area contributed by atoms with Crippen molar-refractivity contribution in [2.75, 3.05) is 24.2 Å². The Morgan fingerprint density at radius 3 is 2.90 bits per heavy atom. The third-order valence-electron chi connectivity index (χ3n) is 2.98. The smallest absolute Gasteiger partial charge is 0.211 e. The molecule has 2 rings (SSSR count). The Labute approximate surface area is 123 Å². The van der Waals surface area contributed by atoms with E-state index in [-0.39, 0.29) is 5.75 Å². The van der Waals surface area contributed by atoms with E-state index in [1.807, 2.05) is 18.2 Å². The molecule has 2 heterocycles. The Balaban J connectivity index is 1.94. The highest BCUT2D eigenvalue weighted by molar-refractivity contribution is 7.89. The molecule has 21 heavy (non-hydrogen) atoms. The molecule has 112 valence electrons. The van der Waals surface area contributed by atoms with Crippen molar-refractivity contribution in [3.05, 3.63) is 30.1 Å². The van der Waals surface area contributed by atoms with Crippen LogP contribution in [-0.2, 0) is 10.0 Å². The predicted octanol–water partition coefficient (Wildman–Crippen LogP) is 0.947. The molecule has 0 bridgehead atoms. The molecule has 0 aliphatic rings. The van der Waals surface area contributed by atoms with Crippen molar-refractivity contribution < 1.29 is 8.42 Å². The summed E-state index contributed by atoms with van der Waals surface area (Å²) in [7, 11) is -3.15. The van der Waals surface area contributed by atoms with Crippen molar-refractivity contribution in [2.24, 2.45) is 0 Å². The van der Waals surface area contributed by atoms with Gasteiger partial charge in [-0.15, -0.1) is 0 Å². The lowest BCUT2D eigenvalue weighted by Gasteiger charge is -2.05. The first kappa shape index (κ1) is 15.3. The van der Waals surface area contributed by atoms with E-state index < -0.39 is 10.0 Å². The minimum atomic E-state index is -3.15. The third-order valence-corrected chi connectivity index (χ3v) is 4.39. The van der Waals surface area contributed by atoms with E-state index >= 15 is 0 Å². The lowest BCUT2D eigenvalue weighted by atomic mass is 10.4. The second kappa shape index (κ2) is 6.56. The molecule has 7 nitrogen and oxygen atoms in total. The second-order valence-corrected chi connectivity index (χ2v) is 6.52. The van der Waals surface area contributed by atoms with Crippen LogP contribution in [0.2, 0.25) is 0 Å². The van der Waals surface area contributed by atoms with Gasteiger partial charge in [0.15, 0.2) is 11.5 Å². The lowest BCUT2D eigenvalue weighted by Crippen LogP contribution is -2.27. The van der Waals surface area contributed by atoms with Gasteiger partial charge in [-0.3, -0.25) is 4.40 Å². The zero-order valence-corrected chi connectivity index (χ0v) is 12.5. The van der Waals surface area contributed by atoms with Gasteiger partial charge >= 0.3 is 0 Å². The summed E-state index contributed by atoms with van der Waals surface area (Å²) < 4.78 is 26.7. The number of nitrogens with zero attached hydrogens (tertiary/aromatic N) is 3. The topological polar surface area (TPSA) is 99.3 Å². The normalized spacial score (nSPS) is 11.4. The van der Waals surface area contributed by atoms with Crippen LogP contribution in [0.3, 0.4) is 0 Å². The molecule has 0 saturated heterocycles. The second-order valence-electron chi connectivity index (χ2n) is 4.43. The molecule has 8 heteroatoms. The highest BCUT2D eigenvalue weighted by Crippen LogP contribution is 2.16. The van der Waals surface area contributed by atoms with Crippen molar-refractivity contribution in [2.45, 2.75) is 13.3 Å². The van der Waals surface area contributed by atoms with Gasteiger partial charge in [0.1, 0.15) is 11.7 Å². The number of rotatable bonds is 7. The van der Waals surface area contributed by atoms with Crippen LogP contribution in [0.5, 0.6) is 0 Å². The van der Waals surface area contributed by atoms with Crippen molar-refractivity contribution in [3.63, 3.8) is 0 Å². The summed E-state index contributed by atoms with van der Waals surface area (Å²) in [6.45, 7) is 2.49. The quantitative estimate of drug-likeness (QED) is 0.742. The Morgan fingerprint density at radius 1 is 1.38 bits per heavy atom. The highest BCUT2D eigenvalue weighted by Gasteiger charge is 2.10. The van der Waals surface area contributed by atoms with E-state index in [0.29, 0.717) is 36.7 Å². The molecular weight excluding hydrogens is 290 g/mol. The van der Waals surface area contributed by atoms with Crippen LogP contribution in [-0.4, -0.2) is 36.6 Å². The molecule has 0 spiro atoms.